The van der Waals surface area contributed by atoms with Gasteiger partial charge in [-0.1, -0.05) is 0 Å². The summed E-state index contributed by atoms with van der Waals surface area (Å²) < 4.78 is 18.6. The fourth-order valence-corrected chi connectivity index (χ4v) is 2.23. The van der Waals surface area contributed by atoms with Crippen molar-refractivity contribution < 1.29 is 9.13 Å². The van der Waals surface area contributed by atoms with Gasteiger partial charge in [-0.25, -0.2) is 24.3 Å². The fraction of sp³-hybridized carbons (Fsp3) is 0.429. The summed E-state index contributed by atoms with van der Waals surface area (Å²) in [6, 6.07) is 0.414. The molecule has 2 aromatic heterocycles. The standard InChI is InChI=1S/C14H16FN5O/c1-10-6-18-14(19-7-10)21-12-2-4-20(5-3-12)13-16-8-11(15)9-17-13/h6-9,12H,2-5H2,1H3. The normalized spacial score (nSPS) is 16.0. The molecule has 3 rings (SSSR count). The Morgan fingerprint density at radius 3 is 2.29 bits per heavy atom. The molecule has 7 heteroatoms. The number of ether oxygens (including phenoxy) is 1. The Morgan fingerprint density at radius 2 is 1.67 bits per heavy atom. The van der Waals surface area contributed by atoms with Crippen LogP contribution in [0, 0.1) is 12.7 Å². The SMILES string of the molecule is Cc1cnc(OC2CCN(c3ncc(F)cn3)CC2)nc1. The first kappa shape index (κ1) is 13.7. The van der Waals surface area contributed by atoms with Gasteiger partial charge in [0.25, 0.3) is 0 Å². The molecule has 0 N–H and O–H groups in total. The summed E-state index contributed by atoms with van der Waals surface area (Å²) in [4.78, 5) is 18.3. The van der Waals surface area contributed by atoms with E-state index in [1.165, 1.54) is 12.4 Å². The van der Waals surface area contributed by atoms with Crippen LogP contribution in [0.4, 0.5) is 10.3 Å². The van der Waals surface area contributed by atoms with E-state index < -0.39 is 5.82 Å². The smallest absolute Gasteiger partial charge is 0.316 e. The number of rotatable bonds is 3. The summed E-state index contributed by atoms with van der Waals surface area (Å²) >= 11 is 0. The lowest BCUT2D eigenvalue weighted by molar-refractivity contribution is 0.156. The van der Waals surface area contributed by atoms with Crippen LogP contribution < -0.4 is 9.64 Å². The molecule has 1 aliphatic heterocycles. The Labute approximate surface area is 122 Å². The van der Waals surface area contributed by atoms with Crippen molar-refractivity contribution in [3.63, 3.8) is 0 Å². The van der Waals surface area contributed by atoms with Gasteiger partial charge < -0.3 is 9.64 Å². The van der Waals surface area contributed by atoms with E-state index in [-0.39, 0.29) is 6.10 Å². The molecule has 110 valence electrons. The number of anilines is 1. The molecule has 0 aromatic carbocycles. The van der Waals surface area contributed by atoms with Gasteiger partial charge in [-0.15, -0.1) is 0 Å². The highest BCUT2D eigenvalue weighted by atomic mass is 19.1. The Bertz CT molecular complexity index is 581. The molecule has 21 heavy (non-hydrogen) atoms. The number of aryl methyl sites for hydroxylation is 1. The number of halogens is 1. The van der Waals surface area contributed by atoms with E-state index in [9.17, 15) is 4.39 Å². The first-order chi connectivity index (χ1) is 10.2. The molecule has 6 nitrogen and oxygen atoms in total. The zero-order chi connectivity index (χ0) is 14.7. The number of aromatic nitrogens is 4. The fourth-order valence-electron chi connectivity index (χ4n) is 2.23. The van der Waals surface area contributed by atoms with E-state index in [2.05, 4.69) is 19.9 Å². The van der Waals surface area contributed by atoms with Crippen molar-refractivity contribution in [2.24, 2.45) is 0 Å². The number of nitrogens with zero attached hydrogens (tertiary/aromatic N) is 5. The van der Waals surface area contributed by atoms with E-state index in [4.69, 9.17) is 4.74 Å². The summed E-state index contributed by atoms with van der Waals surface area (Å²) in [5.74, 6) is 0.134. The van der Waals surface area contributed by atoms with E-state index in [1.54, 1.807) is 12.4 Å². The number of hydrogen-bond acceptors (Lipinski definition) is 6. The zero-order valence-electron chi connectivity index (χ0n) is 11.7. The van der Waals surface area contributed by atoms with E-state index in [0.717, 1.165) is 31.5 Å². The lowest BCUT2D eigenvalue weighted by atomic mass is 10.1. The molecule has 0 aliphatic carbocycles. The molecule has 0 atom stereocenters. The van der Waals surface area contributed by atoms with Crippen molar-refractivity contribution in [2.45, 2.75) is 25.9 Å². The van der Waals surface area contributed by atoms with Crippen molar-refractivity contribution in [3.8, 4) is 6.01 Å². The van der Waals surface area contributed by atoms with Crippen LogP contribution in [0.25, 0.3) is 0 Å². The van der Waals surface area contributed by atoms with Crippen LogP contribution in [0.5, 0.6) is 6.01 Å². The van der Waals surface area contributed by atoms with Crippen LogP contribution in [0.1, 0.15) is 18.4 Å². The van der Waals surface area contributed by atoms with Gasteiger partial charge in [0, 0.05) is 38.3 Å². The Hall–Kier alpha value is -2.31. The topological polar surface area (TPSA) is 64.0 Å². The zero-order valence-corrected chi connectivity index (χ0v) is 11.7. The summed E-state index contributed by atoms with van der Waals surface area (Å²) in [6.45, 7) is 3.47. The highest BCUT2D eigenvalue weighted by Crippen LogP contribution is 2.18. The average molecular weight is 289 g/mol. The first-order valence-electron chi connectivity index (χ1n) is 6.88. The molecule has 1 fully saturated rings. The summed E-state index contributed by atoms with van der Waals surface area (Å²) in [5.41, 5.74) is 1.01. The van der Waals surface area contributed by atoms with Crippen LogP contribution in [-0.2, 0) is 0 Å². The lowest BCUT2D eigenvalue weighted by Crippen LogP contribution is -2.39. The minimum atomic E-state index is -0.423. The van der Waals surface area contributed by atoms with Gasteiger partial charge in [-0.2, -0.15) is 0 Å². The van der Waals surface area contributed by atoms with Crippen molar-refractivity contribution in [2.75, 3.05) is 18.0 Å². The maximum Gasteiger partial charge on any atom is 0.316 e. The molecule has 0 saturated carbocycles. The third-order valence-corrected chi connectivity index (χ3v) is 3.36. The first-order valence-corrected chi connectivity index (χ1v) is 6.88. The monoisotopic (exact) mass is 289 g/mol. The largest absolute Gasteiger partial charge is 0.460 e. The number of piperidine rings is 1. The van der Waals surface area contributed by atoms with Crippen LogP contribution in [0.15, 0.2) is 24.8 Å². The predicted octanol–water partition coefficient (Wildman–Crippen LogP) is 1.76. The van der Waals surface area contributed by atoms with Gasteiger partial charge in [-0.05, 0) is 12.5 Å². The molecule has 0 radical (unpaired) electrons. The lowest BCUT2D eigenvalue weighted by Gasteiger charge is -2.31. The van der Waals surface area contributed by atoms with Crippen LogP contribution in [0.3, 0.4) is 0 Å². The van der Waals surface area contributed by atoms with Crippen molar-refractivity contribution in [1.29, 1.82) is 0 Å². The van der Waals surface area contributed by atoms with Gasteiger partial charge in [-0.3, -0.25) is 0 Å². The van der Waals surface area contributed by atoms with Crippen LogP contribution in [-0.4, -0.2) is 39.1 Å². The van der Waals surface area contributed by atoms with E-state index in [1.807, 2.05) is 11.8 Å². The molecule has 1 saturated heterocycles. The van der Waals surface area contributed by atoms with Gasteiger partial charge in [0.2, 0.25) is 5.95 Å². The molecule has 0 amide bonds. The van der Waals surface area contributed by atoms with E-state index in [0.29, 0.717) is 12.0 Å². The molecule has 1 aliphatic rings. The second-order valence-corrected chi connectivity index (χ2v) is 5.05. The van der Waals surface area contributed by atoms with Crippen LogP contribution in [0.2, 0.25) is 0 Å². The molecule has 0 spiro atoms. The Morgan fingerprint density at radius 1 is 1.05 bits per heavy atom. The maximum atomic E-state index is 12.8. The van der Waals surface area contributed by atoms with Gasteiger partial charge in [0.15, 0.2) is 5.82 Å². The molecule has 0 bridgehead atoms. The summed E-state index contributed by atoms with van der Waals surface area (Å²) in [7, 11) is 0. The van der Waals surface area contributed by atoms with Crippen LogP contribution >= 0.6 is 0 Å². The maximum absolute atomic E-state index is 12.8. The summed E-state index contributed by atoms with van der Waals surface area (Å²) in [5, 5.41) is 0. The molecule has 2 aromatic rings. The van der Waals surface area contributed by atoms with Crippen molar-refractivity contribution in [3.05, 3.63) is 36.2 Å². The van der Waals surface area contributed by atoms with Crippen molar-refractivity contribution in [1.82, 2.24) is 19.9 Å². The molecule has 0 unspecified atom stereocenters. The third-order valence-electron chi connectivity index (χ3n) is 3.36. The second kappa shape index (κ2) is 5.99. The summed E-state index contributed by atoms with van der Waals surface area (Å²) in [6.07, 6.45) is 7.60. The molecule has 3 heterocycles. The minimum Gasteiger partial charge on any atom is -0.460 e. The number of hydrogen-bond donors (Lipinski definition) is 0. The minimum absolute atomic E-state index is 0.0874. The van der Waals surface area contributed by atoms with E-state index >= 15 is 0 Å². The highest BCUT2D eigenvalue weighted by molar-refractivity contribution is 5.29. The Kier molecular flexibility index (Phi) is 3.89. The van der Waals surface area contributed by atoms with Crippen molar-refractivity contribution >= 4 is 5.95 Å². The van der Waals surface area contributed by atoms with Gasteiger partial charge >= 0.3 is 6.01 Å². The average Bonchev–Trinajstić information content (AvgIpc) is 2.51. The molecular formula is C14H16FN5O. The quantitative estimate of drug-likeness (QED) is 0.858. The highest BCUT2D eigenvalue weighted by Gasteiger charge is 2.22. The third kappa shape index (κ3) is 3.42. The second-order valence-electron chi connectivity index (χ2n) is 5.05. The Balaban J connectivity index is 1.55. The van der Waals surface area contributed by atoms with Gasteiger partial charge in [0.1, 0.15) is 6.10 Å². The molecular weight excluding hydrogens is 273 g/mol. The predicted molar refractivity (Wildman–Crippen MR) is 74.6 cm³/mol. The van der Waals surface area contributed by atoms with Gasteiger partial charge in [0.05, 0.1) is 12.4 Å².